The summed E-state index contributed by atoms with van der Waals surface area (Å²) >= 11 is 2.94. The highest BCUT2D eigenvalue weighted by Gasteiger charge is 2.17. The number of hydrogen-bond donors (Lipinski definition) is 1. The Morgan fingerprint density at radius 1 is 1.33 bits per heavy atom. The molecule has 0 saturated carbocycles. The van der Waals surface area contributed by atoms with Crippen molar-refractivity contribution in [1.82, 2.24) is 5.32 Å². The Balaban J connectivity index is 2.60. The van der Waals surface area contributed by atoms with E-state index in [4.69, 9.17) is 5.26 Å². The minimum atomic E-state index is -0.906. The fourth-order valence-electron chi connectivity index (χ4n) is 1.38. The lowest BCUT2D eigenvalue weighted by atomic mass is 10.2. The van der Waals surface area contributed by atoms with Crippen molar-refractivity contribution in [2.75, 3.05) is 6.54 Å². The molecule has 0 atom stereocenters. The summed E-state index contributed by atoms with van der Waals surface area (Å²) in [6.07, 6.45) is 1.64. The molecule has 0 aromatic heterocycles. The summed E-state index contributed by atoms with van der Waals surface area (Å²) in [5.74, 6) is -2.60. The molecule has 0 fully saturated rings. The lowest BCUT2D eigenvalue weighted by Gasteiger charge is -2.07. The average molecular weight is 317 g/mol. The monoisotopic (exact) mass is 316 g/mol. The predicted octanol–water partition coefficient (Wildman–Crippen LogP) is 3.15. The first-order chi connectivity index (χ1) is 8.56. The van der Waals surface area contributed by atoms with Crippen LogP contribution in [-0.2, 0) is 0 Å². The van der Waals surface area contributed by atoms with Crippen LogP contribution in [0.3, 0.4) is 0 Å². The zero-order valence-electron chi connectivity index (χ0n) is 9.47. The molecule has 96 valence electrons. The highest BCUT2D eigenvalue weighted by atomic mass is 79.9. The van der Waals surface area contributed by atoms with E-state index in [1.807, 2.05) is 6.07 Å². The maximum atomic E-state index is 13.4. The lowest BCUT2D eigenvalue weighted by Crippen LogP contribution is -2.26. The van der Waals surface area contributed by atoms with Crippen molar-refractivity contribution in [1.29, 1.82) is 5.26 Å². The van der Waals surface area contributed by atoms with Crippen molar-refractivity contribution in [2.45, 2.75) is 19.3 Å². The Kier molecular flexibility index (Phi) is 5.72. The molecule has 0 spiro atoms. The van der Waals surface area contributed by atoms with Crippen LogP contribution in [-0.4, -0.2) is 12.5 Å². The zero-order valence-corrected chi connectivity index (χ0v) is 11.1. The molecule has 0 radical (unpaired) electrons. The van der Waals surface area contributed by atoms with Crippen molar-refractivity contribution in [3.63, 3.8) is 0 Å². The van der Waals surface area contributed by atoms with E-state index in [0.29, 0.717) is 19.3 Å². The van der Waals surface area contributed by atoms with Crippen molar-refractivity contribution in [3.05, 3.63) is 33.8 Å². The molecular formula is C12H11BrF2N2O. The lowest BCUT2D eigenvalue weighted by molar-refractivity contribution is 0.0944. The summed E-state index contributed by atoms with van der Waals surface area (Å²) in [4.78, 5) is 11.6. The van der Waals surface area contributed by atoms with E-state index in [9.17, 15) is 13.6 Å². The number of carbonyl (C=O) groups is 1. The van der Waals surface area contributed by atoms with Gasteiger partial charge >= 0.3 is 0 Å². The molecule has 1 rings (SSSR count). The highest BCUT2D eigenvalue weighted by molar-refractivity contribution is 9.10. The van der Waals surface area contributed by atoms with Crippen LogP contribution in [0.15, 0.2) is 16.6 Å². The van der Waals surface area contributed by atoms with Crippen molar-refractivity contribution < 1.29 is 13.6 Å². The summed E-state index contributed by atoms with van der Waals surface area (Å²) in [6, 6.07) is 4.04. The Morgan fingerprint density at radius 3 is 2.50 bits per heavy atom. The number of amides is 1. The van der Waals surface area contributed by atoms with Crippen LogP contribution < -0.4 is 5.32 Å². The Hall–Kier alpha value is -1.48. The highest BCUT2D eigenvalue weighted by Crippen LogP contribution is 2.19. The molecule has 18 heavy (non-hydrogen) atoms. The summed E-state index contributed by atoms with van der Waals surface area (Å²) in [6.45, 7) is 0.287. The van der Waals surface area contributed by atoms with Gasteiger partial charge in [0.05, 0.1) is 6.07 Å². The summed E-state index contributed by atoms with van der Waals surface area (Å²) in [5.41, 5.74) is -0.585. The fraction of sp³-hybridized carbons (Fsp3) is 0.333. The number of nitrogens with one attached hydrogen (secondary N) is 1. The third kappa shape index (κ3) is 4.08. The molecule has 1 N–H and O–H groups in total. The van der Waals surface area contributed by atoms with E-state index < -0.39 is 23.1 Å². The number of nitrogens with zero attached hydrogens (tertiary/aromatic N) is 1. The van der Waals surface area contributed by atoms with Crippen LogP contribution in [0.25, 0.3) is 0 Å². The maximum Gasteiger partial charge on any atom is 0.257 e. The molecule has 1 aromatic carbocycles. The van der Waals surface area contributed by atoms with Crippen LogP contribution in [0.1, 0.15) is 29.6 Å². The van der Waals surface area contributed by atoms with Gasteiger partial charge < -0.3 is 5.32 Å². The number of carbonyl (C=O) groups excluding carboxylic acids is 1. The first-order valence-corrected chi connectivity index (χ1v) is 6.15. The van der Waals surface area contributed by atoms with Crippen molar-refractivity contribution in [2.24, 2.45) is 0 Å². The van der Waals surface area contributed by atoms with E-state index >= 15 is 0 Å². The van der Waals surface area contributed by atoms with E-state index in [1.165, 1.54) is 0 Å². The summed E-state index contributed by atoms with van der Waals surface area (Å²) < 4.78 is 27.1. The van der Waals surface area contributed by atoms with Crippen molar-refractivity contribution in [3.8, 4) is 6.07 Å². The van der Waals surface area contributed by atoms with E-state index in [2.05, 4.69) is 21.2 Å². The standard InChI is InChI=1S/C12H11BrF2N2O/c13-8-6-9(14)11(10(15)7-8)12(18)17-5-3-1-2-4-16/h6-7H,1-3,5H2,(H,17,18). The number of halogens is 3. The van der Waals surface area contributed by atoms with Gasteiger partial charge in [-0.3, -0.25) is 4.79 Å². The normalized spacial score (nSPS) is 9.89. The van der Waals surface area contributed by atoms with Gasteiger partial charge in [0.1, 0.15) is 17.2 Å². The third-order valence-electron chi connectivity index (χ3n) is 2.23. The number of benzene rings is 1. The molecule has 0 heterocycles. The smallest absolute Gasteiger partial charge is 0.257 e. The molecule has 0 saturated heterocycles. The minimum Gasteiger partial charge on any atom is -0.352 e. The van der Waals surface area contributed by atoms with Crippen molar-refractivity contribution >= 4 is 21.8 Å². The topological polar surface area (TPSA) is 52.9 Å². The van der Waals surface area contributed by atoms with Crippen LogP contribution in [0, 0.1) is 23.0 Å². The minimum absolute atomic E-state index is 0.239. The van der Waals surface area contributed by atoms with Crippen LogP contribution in [0.2, 0.25) is 0 Å². The largest absolute Gasteiger partial charge is 0.352 e. The number of nitriles is 1. The van der Waals surface area contributed by atoms with Gasteiger partial charge in [-0.25, -0.2) is 8.78 Å². The summed E-state index contributed by atoms with van der Waals surface area (Å²) in [7, 11) is 0. The molecule has 6 heteroatoms. The Bertz CT molecular complexity index is 462. The molecule has 1 amide bonds. The quantitative estimate of drug-likeness (QED) is 0.848. The van der Waals surface area contributed by atoms with E-state index in [-0.39, 0.29) is 11.0 Å². The van der Waals surface area contributed by atoms with Gasteiger partial charge in [0.25, 0.3) is 5.91 Å². The van der Waals surface area contributed by atoms with Crippen LogP contribution in [0.5, 0.6) is 0 Å². The molecule has 0 aliphatic carbocycles. The second kappa shape index (κ2) is 7.07. The van der Waals surface area contributed by atoms with Gasteiger partial charge in [-0.15, -0.1) is 0 Å². The SMILES string of the molecule is N#CCCCCNC(=O)c1c(F)cc(Br)cc1F. The molecular weight excluding hydrogens is 306 g/mol. The molecule has 1 aromatic rings. The Labute approximate surface area is 112 Å². The fourth-order valence-corrected chi connectivity index (χ4v) is 1.78. The number of rotatable bonds is 5. The van der Waals surface area contributed by atoms with Gasteiger partial charge in [-0.2, -0.15) is 5.26 Å². The Morgan fingerprint density at radius 2 is 1.94 bits per heavy atom. The molecule has 3 nitrogen and oxygen atoms in total. The van der Waals surface area contributed by atoms with Gasteiger partial charge in [0.2, 0.25) is 0 Å². The zero-order chi connectivity index (χ0) is 13.5. The second-order valence-electron chi connectivity index (χ2n) is 3.62. The molecule has 0 unspecified atom stereocenters. The molecule has 0 aliphatic rings. The van der Waals surface area contributed by atoms with Gasteiger partial charge in [0.15, 0.2) is 0 Å². The maximum absolute atomic E-state index is 13.4. The second-order valence-corrected chi connectivity index (χ2v) is 4.53. The number of hydrogen-bond acceptors (Lipinski definition) is 2. The van der Waals surface area contributed by atoms with E-state index in [0.717, 1.165) is 12.1 Å². The molecule has 0 bridgehead atoms. The van der Waals surface area contributed by atoms with Gasteiger partial charge in [0, 0.05) is 17.4 Å². The first-order valence-electron chi connectivity index (χ1n) is 5.36. The number of unbranched alkanes of at least 4 members (excludes halogenated alkanes) is 2. The third-order valence-corrected chi connectivity index (χ3v) is 2.69. The van der Waals surface area contributed by atoms with E-state index in [1.54, 1.807) is 0 Å². The molecule has 0 aliphatic heterocycles. The first kappa shape index (κ1) is 14.6. The average Bonchev–Trinajstić information content (AvgIpc) is 2.27. The van der Waals surface area contributed by atoms with Crippen LogP contribution >= 0.6 is 15.9 Å². The predicted molar refractivity (Wildman–Crippen MR) is 65.9 cm³/mol. The van der Waals surface area contributed by atoms with Gasteiger partial charge in [-0.1, -0.05) is 15.9 Å². The summed E-state index contributed by atoms with van der Waals surface area (Å²) in [5, 5.41) is 10.7. The van der Waals surface area contributed by atoms with Crippen LogP contribution in [0.4, 0.5) is 8.78 Å². The van der Waals surface area contributed by atoms with Gasteiger partial charge in [-0.05, 0) is 25.0 Å².